The van der Waals surface area contributed by atoms with E-state index < -0.39 is 68.0 Å². The minimum absolute atomic E-state index is 0.0450. The number of nitrogen functional groups attached to an aromatic ring is 1. The van der Waals surface area contributed by atoms with Crippen LogP contribution >= 0.6 is 7.60 Å². The molecule has 2 aromatic heterocycles. The molecule has 2 aliphatic rings. The number of ether oxygens (including phenoxy) is 2. The Morgan fingerprint density at radius 3 is 2.61 bits per heavy atom. The van der Waals surface area contributed by atoms with Gasteiger partial charge in [0, 0.05) is 37.5 Å². The normalized spacial score (nSPS) is 29.9. The smallest absolute Gasteiger partial charge is 0.351 e. The molecule has 15 nitrogen and oxygen atoms in total. The van der Waals surface area contributed by atoms with Gasteiger partial charge in [-0.3, -0.25) is 23.5 Å². The molecule has 0 aliphatic carbocycles. The maximum absolute atomic E-state index is 13.0. The molecule has 1 unspecified atom stereocenters. The van der Waals surface area contributed by atoms with Crippen molar-refractivity contribution in [3.63, 3.8) is 0 Å². The minimum Gasteiger partial charge on any atom is -0.394 e. The molecule has 2 aromatic rings. The Morgan fingerprint density at radius 1 is 1.22 bits per heavy atom. The molecule has 4 heterocycles. The number of hydrogen-bond acceptors (Lipinski definition) is 12. The highest BCUT2D eigenvalue weighted by molar-refractivity contribution is 7.53. The lowest BCUT2D eigenvalue weighted by atomic mass is 10.2. The first-order chi connectivity index (χ1) is 17.0. The molecular weight excluding hydrogens is 501 g/mol. The van der Waals surface area contributed by atoms with Crippen molar-refractivity contribution >= 4 is 13.4 Å². The molecule has 16 heteroatoms. The summed E-state index contributed by atoms with van der Waals surface area (Å²) in [6, 6.07) is 1.42. The molecule has 4 rings (SSSR count). The molecule has 0 radical (unpaired) electrons. The Balaban J connectivity index is 1.37. The van der Waals surface area contributed by atoms with Crippen molar-refractivity contribution in [3.8, 4) is 0 Å². The zero-order valence-corrected chi connectivity index (χ0v) is 20.4. The lowest BCUT2D eigenvalue weighted by molar-refractivity contribution is -0.0521. The minimum atomic E-state index is -3.75. The summed E-state index contributed by atoms with van der Waals surface area (Å²) in [4.78, 5) is 41.6. The van der Waals surface area contributed by atoms with Crippen molar-refractivity contribution in [2.75, 3.05) is 25.6 Å². The van der Waals surface area contributed by atoms with Crippen LogP contribution < -0.4 is 22.7 Å². The average molecular weight is 529 g/mol. The van der Waals surface area contributed by atoms with E-state index in [0.29, 0.717) is 5.56 Å². The van der Waals surface area contributed by atoms with Gasteiger partial charge in [0.15, 0.2) is 0 Å². The van der Waals surface area contributed by atoms with Crippen LogP contribution in [0.2, 0.25) is 0 Å². The predicted molar refractivity (Wildman–Crippen MR) is 123 cm³/mol. The number of nitrogens with two attached hydrogens (primary N) is 1. The van der Waals surface area contributed by atoms with E-state index >= 15 is 0 Å². The molecule has 2 fully saturated rings. The number of anilines is 1. The summed E-state index contributed by atoms with van der Waals surface area (Å²) in [6.45, 7) is 1.98. The lowest BCUT2D eigenvalue weighted by Gasteiger charge is -2.23. The third-order valence-electron chi connectivity index (χ3n) is 5.98. The second-order valence-electron chi connectivity index (χ2n) is 8.71. The Bertz CT molecular complexity index is 1320. The van der Waals surface area contributed by atoms with Gasteiger partial charge in [0.2, 0.25) is 0 Å². The Kier molecular flexibility index (Phi) is 7.61. The quantitative estimate of drug-likeness (QED) is 0.298. The summed E-state index contributed by atoms with van der Waals surface area (Å²) in [5.74, 6) is 0.0475. The summed E-state index contributed by atoms with van der Waals surface area (Å²) in [7, 11) is -3.75. The standard InChI is InChI=1S/C20H28N5O10P/c1-10-7-25(20(30)23-18(10)28)16-5-11(27)14(34-16)9-32-36(2,31)35-12-6-17(33-13(12)8-26)24-4-3-15(21)22-19(24)29/h3-4,7,11-14,16-17,26-27H,5-6,8-9H2,1-2H3,(H2,21,22,29)(H,23,28,30)/t11-,12-,13+,14+,16+,17+,36?/m0/s1. The number of aryl methyl sites for hydroxylation is 1. The highest BCUT2D eigenvalue weighted by Crippen LogP contribution is 2.49. The number of nitrogens with zero attached hydrogens (tertiary/aromatic N) is 3. The van der Waals surface area contributed by atoms with Gasteiger partial charge in [0.25, 0.3) is 5.56 Å². The van der Waals surface area contributed by atoms with Crippen molar-refractivity contribution in [1.29, 1.82) is 0 Å². The number of rotatable bonds is 8. The van der Waals surface area contributed by atoms with Crippen LogP contribution in [0.3, 0.4) is 0 Å². The van der Waals surface area contributed by atoms with E-state index in [0.717, 1.165) is 4.57 Å². The fourth-order valence-electron chi connectivity index (χ4n) is 4.11. The largest absolute Gasteiger partial charge is 0.394 e. The van der Waals surface area contributed by atoms with Crippen LogP contribution in [0, 0.1) is 6.92 Å². The van der Waals surface area contributed by atoms with E-state index in [1.54, 1.807) is 0 Å². The zero-order valence-electron chi connectivity index (χ0n) is 19.6. The van der Waals surface area contributed by atoms with Crippen molar-refractivity contribution < 1.29 is 33.3 Å². The maximum Gasteiger partial charge on any atom is 0.351 e. The number of aliphatic hydroxyl groups excluding tert-OH is 2. The van der Waals surface area contributed by atoms with Gasteiger partial charge in [-0.2, -0.15) is 4.98 Å². The zero-order chi connectivity index (χ0) is 26.2. The highest BCUT2D eigenvalue weighted by Gasteiger charge is 2.42. The van der Waals surface area contributed by atoms with Crippen LogP contribution in [-0.4, -0.2) is 73.6 Å². The SMILES string of the molecule is Cc1cn([C@H]2C[C@H](O)[C@@H](COP(C)(=O)O[C@H]3C[C@H](n4ccc(N)nc4=O)O[C@@H]3CO)O2)c(=O)[nH]c1=O. The van der Waals surface area contributed by atoms with Crippen LogP contribution in [0.15, 0.2) is 32.8 Å². The molecule has 0 amide bonds. The van der Waals surface area contributed by atoms with Crippen molar-refractivity contribution in [3.05, 3.63) is 55.3 Å². The van der Waals surface area contributed by atoms with Crippen molar-refractivity contribution in [1.82, 2.24) is 19.1 Å². The molecule has 36 heavy (non-hydrogen) atoms. The van der Waals surface area contributed by atoms with Gasteiger partial charge in [0.05, 0.1) is 25.4 Å². The molecule has 5 N–H and O–H groups in total. The topological polar surface area (TPSA) is 210 Å². The fraction of sp³-hybridized carbons (Fsp3) is 0.600. The molecule has 0 bridgehead atoms. The first kappa shape index (κ1) is 26.4. The Morgan fingerprint density at radius 2 is 1.92 bits per heavy atom. The number of H-pyrrole nitrogens is 1. The van der Waals surface area contributed by atoms with Crippen LogP contribution in [0.1, 0.15) is 30.9 Å². The number of aromatic amines is 1. The number of aromatic nitrogens is 4. The summed E-state index contributed by atoms with van der Waals surface area (Å²) in [6.07, 6.45) is -2.54. The molecule has 198 valence electrons. The Hall–Kier alpha value is -2.65. The second kappa shape index (κ2) is 10.4. The monoisotopic (exact) mass is 529 g/mol. The van der Waals surface area contributed by atoms with E-state index in [4.69, 9.17) is 24.3 Å². The van der Waals surface area contributed by atoms with Crippen molar-refractivity contribution in [2.45, 2.75) is 56.6 Å². The summed E-state index contributed by atoms with van der Waals surface area (Å²) >= 11 is 0. The molecule has 0 spiro atoms. The van der Waals surface area contributed by atoms with Gasteiger partial charge < -0.3 is 34.5 Å². The third-order valence-corrected chi connectivity index (χ3v) is 7.25. The van der Waals surface area contributed by atoms with Crippen LogP contribution in [-0.2, 0) is 23.1 Å². The summed E-state index contributed by atoms with van der Waals surface area (Å²) < 4.78 is 37.8. The van der Waals surface area contributed by atoms with Crippen LogP contribution in [0.4, 0.5) is 5.82 Å². The molecule has 2 saturated heterocycles. The van der Waals surface area contributed by atoms with E-state index in [9.17, 15) is 29.2 Å². The second-order valence-corrected chi connectivity index (χ2v) is 10.7. The van der Waals surface area contributed by atoms with Gasteiger partial charge in [-0.1, -0.05) is 0 Å². The Labute approximate surface area is 203 Å². The van der Waals surface area contributed by atoms with Gasteiger partial charge in [-0.05, 0) is 13.0 Å². The highest BCUT2D eigenvalue weighted by atomic mass is 31.2. The van der Waals surface area contributed by atoms with E-state index in [1.165, 1.54) is 36.6 Å². The predicted octanol–water partition coefficient (Wildman–Crippen LogP) is -1.16. The first-order valence-corrected chi connectivity index (χ1v) is 13.1. The van der Waals surface area contributed by atoms with Gasteiger partial charge in [0.1, 0.15) is 30.5 Å². The van der Waals surface area contributed by atoms with Gasteiger partial charge in [-0.15, -0.1) is 0 Å². The third kappa shape index (κ3) is 5.67. The summed E-state index contributed by atoms with van der Waals surface area (Å²) in [5, 5.41) is 20.1. The molecular formula is C20H28N5O10P. The van der Waals surface area contributed by atoms with Gasteiger partial charge in [-0.25, -0.2) is 9.59 Å². The number of hydrogen-bond donors (Lipinski definition) is 4. The molecule has 2 aliphatic heterocycles. The van der Waals surface area contributed by atoms with Crippen LogP contribution in [0.5, 0.6) is 0 Å². The first-order valence-electron chi connectivity index (χ1n) is 11.1. The summed E-state index contributed by atoms with van der Waals surface area (Å²) in [5.41, 5.74) is 3.95. The molecule has 0 aromatic carbocycles. The lowest BCUT2D eigenvalue weighted by Crippen LogP contribution is -2.33. The van der Waals surface area contributed by atoms with E-state index in [2.05, 4.69) is 9.97 Å². The molecule has 0 saturated carbocycles. The maximum atomic E-state index is 13.0. The van der Waals surface area contributed by atoms with Crippen molar-refractivity contribution in [2.24, 2.45) is 0 Å². The van der Waals surface area contributed by atoms with E-state index in [1.807, 2.05) is 0 Å². The van der Waals surface area contributed by atoms with Crippen LogP contribution in [0.25, 0.3) is 0 Å². The molecule has 7 atom stereocenters. The van der Waals surface area contributed by atoms with E-state index in [-0.39, 0.29) is 25.3 Å². The fourth-order valence-corrected chi connectivity index (χ4v) is 5.30. The van der Waals surface area contributed by atoms with Gasteiger partial charge >= 0.3 is 19.0 Å². The number of nitrogens with one attached hydrogen (secondary N) is 1. The average Bonchev–Trinajstić information content (AvgIpc) is 3.37. The number of aliphatic hydroxyl groups is 2.